The van der Waals surface area contributed by atoms with Crippen molar-refractivity contribution in [2.75, 3.05) is 0 Å². The molecule has 0 aliphatic heterocycles. The van der Waals surface area contributed by atoms with Gasteiger partial charge in [0.15, 0.2) is 0 Å². The molecule has 4 aromatic rings. The van der Waals surface area contributed by atoms with Crippen molar-refractivity contribution < 1.29 is 4.42 Å². The third kappa shape index (κ3) is 1.21. The van der Waals surface area contributed by atoms with E-state index in [0.29, 0.717) is 5.89 Å². The van der Waals surface area contributed by atoms with E-state index >= 15 is 0 Å². The minimum atomic E-state index is 0.646. The van der Waals surface area contributed by atoms with Gasteiger partial charge in [-0.1, -0.05) is 30.3 Å². The number of oxazole rings is 1. The zero-order valence-electron chi connectivity index (χ0n) is 9.55. The van der Waals surface area contributed by atoms with Gasteiger partial charge in [-0.2, -0.15) is 0 Å². The number of nitrogens with one attached hydrogen (secondary N) is 1. The molecule has 2 heterocycles. The van der Waals surface area contributed by atoms with Crippen LogP contribution < -0.4 is 0 Å². The van der Waals surface area contributed by atoms with Crippen LogP contribution >= 0.6 is 0 Å². The summed E-state index contributed by atoms with van der Waals surface area (Å²) >= 11 is 0. The molecular formula is C15H10N2O. The lowest BCUT2D eigenvalue weighted by molar-refractivity contribution is 0.575. The van der Waals surface area contributed by atoms with E-state index in [4.69, 9.17) is 4.42 Å². The van der Waals surface area contributed by atoms with Crippen LogP contribution in [0.5, 0.6) is 0 Å². The van der Waals surface area contributed by atoms with E-state index < -0.39 is 0 Å². The van der Waals surface area contributed by atoms with Crippen LogP contribution in [0.4, 0.5) is 0 Å². The van der Waals surface area contributed by atoms with Crippen LogP contribution in [-0.4, -0.2) is 9.97 Å². The maximum absolute atomic E-state index is 5.39. The first-order valence-electron chi connectivity index (χ1n) is 5.83. The molecule has 1 N–H and O–H groups in total. The summed E-state index contributed by atoms with van der Waals surface area (Å²) in [6.45, 7) is 0. The molecule has 2 aromatic carbocycles. The fourth-order valence-corrected chi connectivity index (χ4v) is 2.41. The van der Waals surface area contributed by atoms with Crippen molar-refractivity contribution in [2.45, 2.75) is 0 Å². The summed E-state index contributed by atoms with van der Waals surface area (Å²) in [4.78, 5) is 7.65. The van der Waals surface area contributed by atoms with Gasteiger partial charge in [0.1, 0.15) is 6.26 Å². The molecule has 18 heavy (non-hydrogen) atoms. The first-order valence-corrected chi connectivity index (χ1v) is 5.83. The first kappa shape index (κ1) is 9.48. The Bertz CT molecular complexity index is 828. The predicted octanol–water partition coefficient (Wildman–Crippen LogP) is 3.98. The molecule has 0 radical (unpaired) electrons. The minimum Gasteiger partial charge on any atom is -0.444 e. The van der Waals surface area contributed by atoms with E-state index in [9.17, 15) is 0 Å². The van der Waals surface area contributed by atoms with Crippen LogP contribution in [0.25, 0.3) is 33.3 Å². The van der Waals surface area contributed by atoms with Gasteiger partial charge in [-0.15, -0.1) is 0 Å². The fraction of sp³-hybridized carbons (Fsp3) is 0. The lowest BCUT2D eigenvalue weighted by Crippen LogP contribution is -1.79. The molecular weight excluding hydrogens is 224 g/mol. The van der Waals surface area contributed by atoms with Gasteiger partial charge in [0.2, 0.25) is 5.89 Å². The quantitative estimate of drug-likeness (QED) is 0.541. The van der Waals surface area contributed by atoms with Crippen molar-refractivity contribution in [1.82, 2.24) is 9.97 Å². The number of H-pyrrole nitrogens is 1. The molecule has 3 heteroatoms. The van der Waals surface area contributed by atoms with Gasteiger partial charge < -0.3 is 9.40 Å². The van der Waals surface area contributed by atoms with Crippen molar-refractivity contribution in [3.8, 4) is 11.5 Å². The van der Waals surface area contributed by atoms with Crippen LogP contribution in [0.1, 0.15) is 0 Å². The minimum absolute atomic E-state index is 0.646. The number of fused-ring (bicyclic) bond motifs is 3. The Morgan fingerprint density at radius 3 is 2.72 bits per heavy atom. The van der Waals surface area contributed by atoms with Gasteiger partial charge >= 0.3 is 0 Å². The van der Waals surface area contributed by atoms with Crippen LogP contribution in [0, 0.1) is 0 Å². The van der Waals surface area contributed by atoms with Crippen LogP contribution in [0.3, 0.4) is 0 Å². The van der Waals surface area contributed by atoms with Gasteiger partial charge in [0.25, 0.3) is 0 Å². The largest absolute Gasteiger partial charge is 0.444 e. The fourth-order valence-electron chi connectivity index (χ4n) is 2.41. The summed E-state index contributed by atoms with van der Waals surface area (Å²) in [5.41, 5.74) is 3.20. The van der Waals surface area contributed by atoms with Gasteiger partial charge in [0.05, 0.1) is 17.3 Å². The number of nitrogens with zero attached hydrogens (tertiary/aromatic N) is 1. The molecule has 0 aliphatic carbocycles. The Balaban J connectivity index is 2.17. The summed E-state index contributed by atoms with van der Waals surface area (Å²) in [6.07, 6.45) is 3.26. The Morgan fingerprint density at radius 2 is 1.83 bits per heavy atom. The average Bonchev–Trinajstić information content (AvgIpc) is 3.05. The molecule has 0 amide bonds. The molecule has 0 bridgehead atoms. The molecule has 0 saturated carbocycles. The molecule has 0 fully saturated rings. The van der Waals surface area contributed by atoms with Crippen molar-refractivity contribution in [1.29, 1.82) is 0 Å². The van der Waals surface area contributed by atoms with E-state index in [1.54, 1.807) is 12.5 Å². The van der Waals surface area contributed by atoms with Gasteiger partial charge in [-0.3, -0.25) is 0 Å². The topological polar surface area (TPSA) is 41.8 Å². The molecule has 0 unspecified atom stereocenters. The molecule has 86 valence electrons. The van der Waals surface area contributed by atoms with E-state index in [1.165, 1.54) is 10.8 Å². The summed E-state index contributed by atoms with van der Waals surface area (Å²) in [6, 6.07) is 14.4. The number of hydrogen-bond acceptors (Lipinski definition) is 2. The van der Waals surface area contributed by atoms with Gasteiger partial charge in [-0.25, -0.2) is 4.98 Å². The second-order valence-corrected chi connectivity index (χ2v) is 4.24. The van der Waals surface area contributed by atoms with Crippen molar-refractivity contribution >= 4 is 21.8 Å². The Labute approximate surface area is 103 Å². The summed E-state index contributed by atoms with van der Waals surface area (Å²) in [7, 11) is 0. The molecule has 0 saturated heterocycles. The molecule has 4 rings (SSSR count). The maximum Gasteiger partial charge on any atom is 0.227 e. The third-order valence-corrected chi connectivity index (χ3v) is 3.20. The molecule has 0 spiro atoms. The van der Waals surface area contributed by atoms with Crippen LogP contribution in [0.15, 0.2) is 59.3 Å². The lowest BCUT2D eigenvalue weighted by atomic mass is 10.1. The monoisotopic (exact) mass is 234 g/mol. The zero-order chi connectivity index (χ0) is 11.9. The van der Waals surface area contributed by atoms with E-state index in [2.05, 4.69) is 28.2 Å². The van der Waals surface area contributed by atoms with Crippen LogP contribution in [-0.2, 0) is 0 Å². The smallest absolute Gasteiger partial charge is 0.227 e. The summed E-state index contributed by atoms with van der Waals surface area (Å²) < 4.78 is 5.39. The summed E-state index contributed by atoms with van der Waals surface area (Å²) in [5, 5.41) is 2.42. The van der Waals surface area contributed by atoms with Gasteiger partial charge in [0, 0.05) is 16.3 Å². The Kier molecular flexibility index (Phi) is 1.83. The highest BCUT2D eigenvalue weighted by Crippen LogP contribution is 2.32. The molecule has 0 atom stereocenters. The molecule has 3 nitrogen and oxygen atoms in total. The highest BCUT2D eigenvalue weighted by molar-refractivity contribution is 6.11. The Morgan fingerprint density at radius 1 is 0.944 bits per heavy atom. The van der Waals surface area contributed by atoms with Crippen LogP contribution in [0.2, 0.25) is 0 Å². The first-order chi connectivity index (χ1) is 8.93. The summed E-state index contributed by atoms with van der Waals surface area (Å²) in [5.74, 6) is 0.646. The van der Waals surface area contributed by atoms with Crippen molar-refractivity contribution in [3.05, 3.63) is 54.9 Å². The van der Waals surface area contributed by atoms with Crippen molar-refractivity contribution in [2.24, 2.45) is 0 Å². The van der Waals surface area contributed by atoms with E-state index in [1.807, 2.05) is 24.3 Å². The molecule has 2 aromatic heterocycles. The number of aromatic nitrogens is 2. The van der Waals surface area contributed by atoms with E-state index in [-0.39, 0.29) is 0 Å². The van der Waals surface area contributed by atoms with E-state index in [0.717, 1.165) is 16.6 Å². The number of benzene rings is 2. The SMILES string of the molecule is c1ccc2c(c1)[nH]c1c(-c3ncco3)cccc12. The maximum atomic E-state index is 5.39. The lowest BCUT2D eigenvalue weighted by Gasteiger charge is -1.97. The second-order valence-electron chi connectivity index (χ2n) is 4.24. The molecule has 0 aliphatic rings. The normalized spacial score (nSPS) is 11.3. The second kappa shape index (κ2) is 3.47. The van der Waals surface area contributed by atoms with Crippen molar-refractivity contribution in [3.63, 3.8) is 0 Å². The number of aromatic amines is 1. The Hall–Kier alpha value is -2.55. The third-order valence-electron chi connectivity index (χ3n) is 3.20. The predicted molar refractivity (Wildman–Crippen MR) is 71.3 cm³/mol. The zero-order valence-corrected chi connectivity index (χ0v) is 9.55. The highest BCUT2D eigenvalue weighted by Gasteiger charge is 2.11. The average molecular weight is 234 g/mol. The number of rotatable bonds is 1. The van der Waals surface area contributed by atoms with Gasteiger partial charge in [-0.05, 0) is 12.1 Å². The standard InChI is InChI=1S/C15H10N2O/c1-2-7-13-10(4-1)11-5-3-6-12(14(11)17-13)15-16-8-9-18-15/h1-9,17H. The number of para-hydroxylation sites is 2. The number of hydrogen-bond donors (Lipinski definition) is 1. The highest BCUT2D eigenvalue weighted by atomic mass is 16.3.